The largest absolute Gasteiger partial charge is 0.325 e. The number of hydrogen-bond donors (Lipinski definition) is 0. The van der Waals surface area contributed by atoms with Crippen molar-refractivity contribution >= 4 is 10.2 Å². The number of rotatable bonds is 2. The summed E-state index contributed by atoms with van der Waals surface area (Å²) >= 11 is 0. The third-order valence-electron chi connectivity index (χ3n) is 0.377. The zero-order valence-electron chi connectivity index (χ0n) is 4.04. The lowest BCUT2D eigenvalue weighted by Crippen LogP contribution is -1.78. The monoisotopic (exact) mass is 136 g/mol. The molecule has 0 aliphatic heterocycles. The van der Waals surface area contributed by atoms with Gasteiger partial charge in [-0.15, -0.1) is 3.89 Å². The highest BCUT2D eigenvalue weighted by atomic mass is 32.3. The van der Waals surface area contributed by atoms with E-state index in [1.807, 2.05) is 0 Å². The van der Waals surface area contributed by atoms with E-state index in [1.165, 1.54) is 6.08 Å². The Morgan fingerprint density at radius 1 is 1.50 bits per heavy atom. The first-order valence-corrected chi connectivity index (χ1v) is 3.24. The zero-order chi connectivity index (χ0) is 6.62. The first kappa shape index (κ1) is 7.36. The first-order chi connectivity index (χ1) is 3.56. The van der Waals surface area contributed by atoms with E-state index in [-0.39, 0.29) is 0 Å². The van der Waals surface area contributed by atoms with Crippen molar-refractivity contribution in [1.29, 1.82) is 0 Å². The highest BCUT2D eigenvalue weighted by molar-refractivity contribution is 7.89. The minimum absolute atomic E-state index is 0.431. The maximum Gasteiger partial charge on any atom is 0.325 e. The maximum atomic E-state index is 11.4. The molecule has 0 unspecified atom stereocenters. The van der Waals surface area contributed by atoms with Crippen LogP contribution in [0.4, 0.5) is 3.89 Å². The Morgan fingerprint density at radius 3 is 2.12 bits per heavy atom. The van der Waals surface area contributed by atoms with Gasteiger partial charge in [0.2, 0.25) is 0 Å². The number of allylic oxidation sites excluding steroid dienone is 2. The summed E-state index contributed by atoms with van der Waals surface area (Å²) in [5.74, 6) is 0. The Hall–Kier alpha value is -0.640. The summed E-state index contributed by atoms with van der Waals surface area (Å²) in [5, 5.41) is 0.431. The minimum atomic E-state index is -4.44. The summed E-state index contributed by atoms with van der Waals surface area (Å²) in [5.41, 5.74) is 0. The molecule has 0 saturated heterocycles. The Labute approximate surface area is 47.5 Å². The molecule has 0 heterocycles. The average Bonchev–Trinajstić information content (AvgIpc) is 1.59. The molecule has 46 valence electrons. The Morgan fingerprint density at radius 2 is 2.00 bits per heavy atom. The lowest BCUT2D eigenvalue weighted by atomic mass is 10.6. The summed E-state index contributed by atoms with van der Waals surface area (Å²) in [7, 11) is -4.44. The third kappa shape index (κ3) is 5.36. The molecule has 0 rings (SSSR count). The van der Waals surface area contributed by atoms with E-state index >= 15 is 0 Å². The molecule has 0 aromatic carbocycles. The Balaban J connectivity index is 4.12. The maximum absolute atomic E-state index is 11.4. The van der Waals surface area contributed by atoms with E-state index in [1.54, 1.807) is 0 Å². The first-order valence-electron chi connectivity index (χ1n) is 1.80. The molecule has 0 radical (unpaired) electrons. The van der Waals surface area contributed by atoms with Crippen molar-refractivity contribution < 1.29 is 12.3 Å². The summed E-state index contributed by atoms with van der Waals surface area (Å²) in [4.78, 5) is 0. The van der Waals surface area contributed by atoms with E-state index in [0.29, 0.717) is 5.41 Å². The Bertz CT molecular complexity index is 190. The van der Waals surface area contributed by atoms with E-state index in [4.69, 9.17) is 0 Å². The fraction of sp³-hybridized carbons (Fsp3) is 0. The molecule has 0 N–H and O–H groups in total. The molecule has 0 saturated carbocycles. The van der Waals surface area contributed by atoms with E-state index in [9.17, 15) is 12.3 Å². The normalized spacial score (nSPS) is 12.1. The van der Waals surface area contributed by atoms with Crippen LogP contribution in [0.3, 0.4) is 0 Å². The third-order valence-corrected chi connectivity index (χ3v) is 0.859. The van der Waals surface area contributed by atoms with Gasteiger partial charge in [0, 0.05) is 0 Å². The Kier molecular flexibility index (Phi) is 2.41. The zero-order valence-corrected chi connectivity index (χ0v) is 4.86. The molecule has 0 aromatic rings. The van der Waals surface area contributed by atoms with Gasteiger partial charge in [0.1, 0.15) is 0 Å². The van der Waals surface area contributed by atoms with Crippen LogP contribution in [-0.2, 0) is 10.2 Å². The smallest absolute Gasteiger partial charge is 0.190 e. The molecule has 0 amide bonds. The summed E-state index contributed by atoms with van der Waals surface area (Å²) in [6.07, 6.45) is 2.19. The van der Waals surface area contributed by atoms with Gasteiger partial charge in [0.25, 0.3) is 0 Å². The highest BCUT2D eigenvalue weighted by Gasteiger charge is 1.94. The molecule has 0 spiro atoms. The molecule has 0 aromatic heterocycles. The van der Waals surface area contributed by atoms with Gasteiger partial charge in [0.15, 0.2) is 0 Å². The van der Waals surface area contributed by atoms with Crippen molar-refractivity contribution in [2.24, 2.45) is 0 Å². The fourth-order valence-corrected chi connectivity index (χ4v) is 0.448. The number of halogens is 1. The minimum Gasteiger partial charge on any atom is -0.190 e. The molecule has 0 aliphatic rings. The molecular formula is C4H5FO2S. The van der Waals surface area contributed by atoms with Crippen molar-refractivity contribution in [2.45, 2.75) is 0 Å². The fourth-order valence-electron chi connectivity index (χ4n) is 0.149. The van der Waals surface area contributed by atoms with Crippen LogP contribution in [0, 0.1) is 0 Å². The van der Waals surface area contributed by atoms with Crippen molar-refractivity contribution in [3.05, 3.63) is 24.1 Å². The molecule has 0 bridgehead atoms. The van der Waals surface area contributed by atoms with Crippen molar-refractivity contribution in [1.82, 2.24) is 0 Å². The second-order valence-electron chi connectivity index (χ2n) is 1.04. The molecule has 4 heteroatoms. The average molecular weight is 136 g/mol. The predicted molar refractivity (Wildman–Crippen MR) is 29.4 cm³/mol. The molecular weight excluding hydrogens is 131 g/mol. The quantitative estimate of drug-likeness (QED) is 0.419. The SMILES string of the molecule is C=C/C=C/S(=O)(=O)F. The predicted octanol–water partition coefficient (Wildman–Crippen LogP) is 0.985. The summed E-state index contributed by atoms with van der Waals surface area (Å²) in [6.45, 7) is 3.15. The lowest BCUT2D eigenvalue weighted by molar-refractivity contribution is 0.563. The van der Waals surface area contributed by atoms with Crippen molar-refractivity contribution in [2.75, 3.05) is 0 Å². The molecule has 0 aliphatic carbocycles. The van der Waals surface area contributed by atoms with Gasteiger partial charge in [-0.05, 0) is 6.08 Å². The summed E-state index contributed by atoms with van der Waals surface area (Å²) in [6, 6.07) is 0. The lowest BCUT2D eigenvalue weighted by Gasteiger charge is -1.73. The second kappa shape index (κ2) is 2.61. The van der Waals surface area contributed by atoms with Crippen molar-refractivity contribution in [3.63, 3.8) is 0 Å². The van der Waals surface area contributed by atoms with Gasteiger partial charge in [-0.1, -0.05) is 12.7 Å². The topological polar surface area (TPSA) is 34.1 Å². The standard InChI is InChI=1S/C4H5FO2S/c1-2-3-4-8(5,6)7/h2-4H,1H2/b4-3+. The van der Waals surface area contributed by atoms with Gasteiger partial charge >= 0.3 is 10.2 Å². The molecule has 0 atom stereocenters. The highest BCUT2D eigenvalue weighted by Crippen LogP contribution is 1.91. The van der Waals surface area contributed by atoms with Crippen molar-refractivity contribution in [3.8, 4) is 0 Å². The van der Waals surface area contributed by atoms with Crippen LogP contribution in [0.1, 0.15) is 0 Å². The van der Waals surface area contributed by atoms with Crippen LogP contribution in [-0.4, -0.2) is 8.42 Å². The van der Waals surface area contributed by atoms with Crippen LogP contribution in [0.5, 0.6) is 0 Å². The summed E-state index contributed by atoms with van der Waals surface area (Å²) < 4.78 is 30.6. The molecule has 8 heavy (non-hydrogen) atoms. The van der Waals surface area contributed by atoms with Gasteiger partial charge in [-0.25, -0.2) is 0 Å². The van der Waals surface area contributed by atoms with Crippen LogP contribution in [0.15, 0.2) is 24.1 Å². The van der Waals surface area contributed by atoms with Gasteiger partial charge < -0.3 is 0 Å². The van der Waals surface area contributed by atoms with E-state index < -0.39 is 10.2 Å². The van der Waals surface area contributed by atoms with Gasteiger partial charge in [0.05, 0.1) is 5.41 Å². The van der Waals surface area contributed by atoms with Crippen LogP contribution >= 0.6 is 0 Å². The van der Waals surface area contributed by atoms with Crippen LogP contribution < -0.4 is 0 Å². The molecule has 0 fully saturated rings. The van der Waals surface area contributed by atoms with Crippen LogP contribution in [0.25, 0.3) is 0 Å². The number of hydrogen-bond acceptors (Lipinski definition) is 2. The van der Waals surface area contributed by atoms with Gasteiger partial charge in [-0.3, -0.25) is 0 Å². The molecule has 2 nitrogen and oxygen atoms in total. The van der Waals surface area contributed by atoms with Crippen LogP contribution in [0.2, 0.25) is 0 Å². The van der Waals surface area contributed by atoms with E-state index in [0.717, 1.165) is 6.08 Å². The second-order valence-corrected chi connectivity index (χ2v) is 2.26. The van der Waals surface area contributed by atoms with Gasteiger partial charge in [-0.2, -0.15) is 8.42 Å². The van der Waals surface area contributed by atoms with E-state index in [2.05, 4.69) is 6.58 Å².